The molecule has 6 nitrogen and oxygen atoms in total. The fraction of sp³-hybridized carbons (Fsp3) is 0.263. The molecule has 1 heterocycles. The molecule has 0 unspecified atom stereocenters. The van der Waals surface area contributed by atoms with Gasteiger partial charge in [0.2, 0.25) is 0 Å². The summed E-state index contributed by atoms with van der Waals surface area (Å²) in [6.45, 7) is 2.71. The van der Waals surface area contributed by atoms with E-state index in [9.17, 15) is 9.59 Å². The molecule has 0 saturated carbocycles. The van der Waals surface area contributed by atoms with E-state index >= 15 is 0 Å². The van der Waals surface area contributed by atoms with E-state index in [1.54, 1.807) is 42.3 Å². The second kappa shape index (κ2) is 8.60. The third-order valence-electron chi connectivity index (χ3n) is 3.68. The zero-order chi connectivity index (χ0) is 18.2. The van der Waals surface area contributed by atoms with E-state index in [0.29, 0.717) is 23.4 Å². The monoisotopic (exact) mass is 336 g/mol. The Morgan fingerprint density at radius 3 is 2.80 bits per heavy atom. The molecule has 0 saturated heterocycles. The van der Waals surface area contributed by atoms with Gasteiger partial charge in [-0.1, -0.05) is 19.4 Å². The second-order valence-corrected chi connectivity index (χ2v) is 5.66. The number of aromatic nitrogens is 1. The van der Waals surface area contributed by atoms with Crippen LogP contribution < -0.4 is 5.32 Å². The number of hydrogen-bond acceptors (Lipinski definition) is 4. The molecule has 0 fully saturated rings. The van der Waals surface area contributed by atoms with Gasteiger partial charge in [0.05, 0.1) is 11.6 Å². The van der Waals surface area contributed by atoms with E-state index in [1.165, 1.54) is 12.3 Å². The Morgan fingerprint density at radius 1 is 1.28 bits per heavy atom. The van der Waals surface area contributed by atoms with Crippen LogP contribution in [0.1, 0.15) is 46.2 Å². The summed E-state index contributed by atoms with van der Waals surface area (Å²) >= 11 is 0. The highest BCUT2D eigenvalue weighted by Crippen LogP contribution is 2.12. The van der Waals surface area contributed by atoms with Crippen molar-refractivity contribution in [1.82, 2.24) is 9.88 Å². The summed E-state index contributed by atoms with van der Waals surface area (Å²) in [7, 11) is 1.72. The van der Waals surface area contributed by atoms with Gasteiger partial charge in [-0.05, 0) is 36.8 Å². The molecule has 0 radical (unpaired) electrons. The normalized spacial score (nSPS) is 9.96. The topological polar surface area (TPSA) is 86.1 Å². The first kappa shape index (κ1) is 18.1. The standard InChI is InChI=1S/C19H20N4O2/c1-3-4-10-23(2)19(25)17-12-15(8-9-21-17)18(24)22-16-7-5-6-14(11-16)13-20/h5-9,11-12H,3-4,10H2,1-2H3,(H,22,24). The summed E-state index contributed by atoms with van der Waals surface area (Å²) < 4.78 is 0. The van der Waals surface area contributed by atoms with E-state index in [2.05, 4.69) is 17.2 Å². The zero-order valence-corrected chi connectivity index (χ0v) is 14.3. The number of unbranched alkanes of at least 4 members (excludes halogenated alkanes) is 1. The lowest BCUT2D eigenvalue weighted by Crippen LogP contribution is -2.28. The highest BCUT2D eigenvalue weighted by molar-refractivity contribution is 6.05. The van der Waals surface area contributed by atoms with Gasteiger partial charge in [0.1, 0.15) is 5.69 Å². The quantitative estimate of drug-likeness (QED) is 0.878. The Morgan fingerprint density at radius 2 is 2.08 bits per heavy atom. The van der Waals surface area contributed by atoms with E-state index in [0.717, 1.165) is 12.8 Å². The number of anilines is 1. The minimum Gasteiger partial charge on any atom is -0.340 e. The van der Waals surface area contributed by atoms with Crippen molar-refractivity contribution < 1.29 is 9.59 Å². The van der Waals surface area contributed by atoms with Gasteiger partial charge >= 0.3 is 0 Å². The first-order valence-electron chi connectivity index (χ1n) is 8.08. The van der Waals surface area contributed by atoms with Crippen LogP contribution in [-0.4, -0.2) is 35.3 Å². The Balaban J connectivity index is 2.13. The van der Waals surface area contributed by atoms with Crippen LogP contribution in [0.5, 0.6) is 0 Å². The highest BCUT2D eigenvalue weighted by Gasteiger charge is 2.15. The molecule has 2 rings (SSSR count). The lowest BCUT2D eigenvalue weighted by molar-refractivity contribution is 0.0787. The molecule has 6 heteroatoms. The number of rotatable bonds is 6. The maximum atomic E-state index is 12.4. The summed E-state index contributed by atoms with van der Waals surface area (Å²) in [4.78, 5) is 30.4. The van der Waals surface area contributed by atoms with Gasteiger partial charge in [-0.2, -0.15) is 5.26 Å². The third kappa shape index (κ3) is 4.88. The van der Waals surface area contributed by atoms with Crippen molar-refractivity contribution in [1.29, 1.82) is 5.26 Å². The molecule has 128 valence electrons. The molecule has 0 atom stereocenters. The van der Waals surface area contributed by atoms with Crippen LogP contribution in [0.3, 0.4) is 0 Å². The second-order valence-electron chi connectivity index (χ2n) is 5.66. The molecule has 2 amide bonds. The Labute approximate surface area is 147 Å². The van der Waals surface area contributed by atoms with Gasteiger partial charge in [-0.25, -0.2) is 0 Å². The van der Waals surface area contributed by atoms with Crippen molar-refractivity contribution >= 4 is 17.5 Å². The number of nitrogens with zero attached hydrogens (tertiary/aromatic N) is 3. The number of hydrogen-bond donors (Lipinski definition) is 1. The van der Waals surface area contributed by atoms with Crippen LogP contribution in [0.25, 0.3) is 0 Å². The average molecular weight is 336 g/mol. The molecular weight excluding hydrogens is 316 g/mol. The van der Waals surface area contributed by atoms with Crippen LogP contribution in [0.15, 0.2) is 42.6 Å². The van der Waals surface area contributed by atoms with Crippen LogP contribution >= 0.6 is 0 Å². The SMILES string of the molecule is CCCCN(C)C(=O)c1cc(C(=O)Nc2cccc(C#N)c2)ccn1. The lowest BCUT2D eigenvalue weighted by Gasteiger charge is -2.16. The van der Waals surface area contributed by atoms with Gasteiger partial charge in [-0.3, -0.25) is 14.6 Å². The van der Waals surface area contributed by atoms with Gasteiger partial charge in [0.25, 0.3) is 11.8 Å². The lowest BCUT2D eigenvalue weighted by atomic mass is 10.1. The molecule has 0 aliphatic carbocycles. The molecule has 1 aromatic heterocycles. The van der Waals surface area contributed by atoms with Crippen molar-refractivity contribution in [3.05, 3.63) is 59.4 Å². The third-order valence-corrected chi connectivity index (χ3v) is 3.68. The summed E-state index contributed by atoms with van der Waals surface area (Å²) in [6.07, 6.45) is 3.36. The van der Waals surface area contributed by atoms with Crippen LogP contribution in [0.4, 0.5) is 5.69 Å². The summed E-state index contributed by atoms with van der Waals surface area (Å²) in [5, 5.41) is 11.6. The van der Waals surface area contributed by atoms with Crippen molar-refractivity contribution in [2.45, 2.75) is 19.8 Å². The molecule has 0 aliphatic heterocycles. The van der Waals surface area contributed by atoms with E-state index in [1.807, 2.05) is 6.07 Å². The number of benzene rings is 1. The van der Waals surface area contributed by atoms with E-state index in [4.69, 9.17) is 5.26 Å². The largest absolute Gasteiger partial charge is 0.340 e. The molecule has 0 bridgehead atoms. The van der Waals surface area contributed by atoms with Crippen molar-refractivity contribution in [3.63, 3.8) is 0 Å². The van der Waals surface area contributed by atoms with Crippen molar-refractivity contribution in [2.75, 3.05) is 18.9 Å². The van der Waals surface area contributed by atoms with E-state index in [-0.39, 0.29) is 17.5 Å². The predicted octanol–water partition coefficient (Wildman–Crippen LogP) is 3.08. The maximum Gasteiger partial charge on any atom is 0.272 e. The first-order chi connectivity index (χ1) is 12.0. The summed E-state index contributed by atoms with van der Waals surface area (Å²) in [5.41, 5.74) is 1.55. The predicted molar refractivity (Wildman–Crippen MR) is 95.2 cm³/mol. The van der Waals surface area contributed by atoms with Crippen LogP contribution in [0.2, 0.25) is 0 Å². The number of carbonyl (C=O) groups is 2. The molecule has 25 heavy (non-hydrogen) atoms. The Bertz CT molecular complexity index is 811. The summed E-state index contributed by atoms with van der Waals surface area (Å²) in [5.74, 6) is -0.572. The Kier molecular flexibility index (Phi) is 6.24. The molecular formula is C19H20N4O2. The van der Waals surface area contributed by atoms with Gasteiger partial charge in [-0.15, -0.1) is 0 Å². The Hall–Kier alpha value is -3.20. The molecule has 0 spiro atoms. The maximum absolute atomic E-state index is 12.4. The number of amides is 2. The zero-order valence-electron chi connectivity index (χ0n) is 14.3. The molecule has 1 N–H and O–H groups in total. The summed E-state index contributed by atoms with van der Waals surface area (Å²) in [6, 6.07) is 11.7. The minimum atomic E-state index is -0.359. The first-order valence-corrected chi connectivity index (χ1v) is 8.08. The van der Waals surface area contributed by atoms with Gasteiger partial charge in [0, 0.05) is 31.0 Å². The fourth-order valence-electron chi connectivity index (χ4n) is 2.25. The molecule has 2 aromatic rings. The number of nitrogens with one attached hydrogen (secondary N) is 1. The average Bonchev–Trinajstić information content (AvgIpc) is 2.65. The smallest absolute Gasteiger partial charge is 0.272 e. The minimum absolute atomic E-state index is 0.213. The van der Waals surface area contributed by atoms with Gasteiger partial charge in [0.15, 0.2) is 0 Å². The fourth-order valence-corrected chi connectivity index (χ4v) is 2.25. The van der Waals surface area contributed by atoms with Crippen molar-refractivity contribution in [2.24, 2.45) is 0 Å². The molecule has 0 aliphatic rings. The van der Waals surface area contributed by atoms with Crippen LogP contribution in [0, 0.1) is 11.3 Å². The van der Waals surface area contributed by atoms with Crippen molar-refractivity contribution in [3.8, 4) is 6.07 Å². The number of nitriles is 1. The molecule has 1 aromatic carbocycles. The number of pyridine rings is 1. The van der Waals surface area contributed by atoms with Gasteiger partial charge < -0.3 is 10.2 Å². The highest BCUT2D eigenvalue weighted by atomic mass is 16.2. The van der Waals surface area contributed by atoms with Crippen LogP contribution in [-0.2, 0) is 0 Å². The number of carbonyl (C=O) groups excluding carboxylic acids is 2. The van der Waals surface area contributed by atoms with E-state index < -0.39 is 0 Å².